The summed E-state index contributed by atoms with van der Waals surface area (Å²) in [5.41, 5.74) is 2.68. The van der Waals surface area contributed by atoms with Gasteiger partial charge in [0, 0.05) is 45.2 Å². The zero-order valence-corrected chi connectivity index (χ0v) is 20.7. The van der Waals surface area contributed by atoms with Gasteiger partial charge >= 0.3 is 5.97 Å². The Balaban J connectivity index is 1.24. The zero-order chi connectivity index (χ0) is 24.6. The monoisotopic (exact) mass is 513 g/mol. The molecule has 0 atom stereocenters. The van der Waals surface area contributed by atoms with Crippen LogP contribution >= 0.6 is 23.2 Å². The van der Waals surface area contributed by atoms with Crippen molar-refractivity contribution in [3.8, 4) is 17.2 Å². The molecule has 0 saturated carbocycles. The summed E-state index contributed by atoms with van der Waals surface area (Å²) in [6, 6.07) is 18.6. The topological polar surface area (TPSA) is 69.8 Å². The molecule has 0 saturated heterocycles. The van der Waals surface area contributed by atoms with Crippen molar-refractivity contribution < 1.29 is 23.7 Å². The summed E-state index contributed by atoms with van der Waals surface area (Å²) in [7, 11) is 1.38. The van der Waals surface area contributed by atoms with Gasteiger partial charge < -0.3 is 23.9 Å². The van der Waals surface area contributed by atoms with Crippen molar-refractivity contribution in [2.24, 2.45) is 0 Å². The van der Waals surface area contributed by atoms with Crippen LogP contribution in [0.5, 0.6) is 17.2 Å². The highest BCUT2D eigenvalue weighted by atomic mass is 35.5. The van der Waals surface area contributed by atoms with Gasteiger partial charge in [0.05, 0.1) is 26.7 Å². The summed E-state index contributed by atoms with van der Waals surface area (Å²) < 4.78 is 22.3. The van der Waals surface area contributed by atoms with E-state index in [9.17, 15) is 4.79 Å². The maximum Gasteiger partial charge on any atom is 0.310 e. The Morgan fingerprint density at radius 2 is 1.60 bits per heavy atom. The van der Waals surface area contributed by atoms with Crippen LogP contribution in [0.2, 0.25) is 10.0 Å². The number of aromatic nitrogens is 1. The number of hydrogen-bond acceptors (Lipinski definition) is 5. The van der Waals surface area contributed by atoms with E-state index in [1.807, 2.05) is 54.7 Å². The van der Waals surface area contributed by atoms with Gasteiger partial charge in [-0.2, -0.15) is 0 Å². The number of halogens is 2. The average Bonchev–Trinajstić information content (AvgIpc) is 3.25. The summed E-state index contributed by atoms with van der Waals surface area (Å²) in [4.78, 5) is 14.8. The molecule has 0 bridgehead atoms. The standard InChI is InChI=1S/C27H25Cl2NO5/c1-32-27(31)12-19-16-30-26-9-8-23(15-24(19)26)34-11-3-10-33-21-4-2-5-22(14-21)35-17-18-6-7-20(28)13-25(18)29/h2,4-9,13-16,30H,3,10-12,17H2,1H3. The normalized spacial score (nSPS) is 10.8. The number of rotatable bonds is 11. The molecule has 1 heterocycles. The van der Waals surface area contributed by atoms with Gasteiger partial charge in [-0.25, -0.2) is 0 Å². The lowest BCUT2D eigenvalue weighted by Crippen LogP contribution is -2.05. The first kappa shape index (κ1) is 24.8. The molecule has 4 rings (SSSR count). The number of benzene rings is 3. The van der Waals surface area contributed by atoms with Crippen LogP contribution in [0.25, 0.3) is 10.9 Å². The Morgan fingerprint density at radius 3 is 2.34 bits per heavy atom. The van der Waals surface area contributed by atoms with E-state index in [0.717, 1.165) is 27.8 Å². The number of esters is 1. The van der Waals surface area contributed by atoms with Crippen molar-refractivity contribution in [2.45, 2.75) is 19.4 Å². The summed E-state index contributed by atoms with van der Waals surface area (Å²) in [6.07, 6.45) is 2.73. The Hall–Kier alpha value is -3.35. The van der Waals surface area contributed by atoms with Crippen molar-refractivity contribution in [1.29, 1.82) is 0 Å². The predicted octanol–water partition coefficient (Wildman–Crippen LogP) is 6.62. The smallest absolute Gasteiger partial charge is 0.310 e. The van der Waals surface area contributed by atoms with E-state index in [1.165, 1.54) is 7.11 Å². The number of methoxy groups -OCH3 is 1. The van der Waals surface area contributed by atoms with Gasteiger partial charge in [0.25, 0.3) is 0 Å². The third-order valence-electron chi connectivity index (χ3n) is 5.34. The number of ether oxygens (including phenoxy) is 4. The molecule has 4 aromatic rings. The highest BCUT2D eigenvalue weighted by molar-refractivity contribution is 6.35. The van der Waals surface area contributed by atoms with Gasteiger partial charge in [0.1, 0.15) is 23.9 Å². The van der Waals surface area contributed by atoms with Crippen molar-refractivity contribution in [2.75, 3.05) is 20.3 Å². The molecule has 0 aliphatic rings. The minimum atomic E-state index is -0.280. The fourth-order valence-electron chi connectivity index (χ4n) is 3.51. The van der Waals surface area contributed by atoms with E-state index in [4.69, 9.17) is 42.1 Å². The Bertz CT molecular complexity index is 1300. The molecule has 3 aromatic carbocycles. The molecule has 0 radical (unpaired) electrons. The average molecular weight is 514 g/mol. The Kier molecular flexibility index (Phi) is 8.40. The third kappa shape index (κ3) is 6.84. The maximum atomic E-state index is 11.6. The number of carbonyl (C=O) groups excluding carboxylic acids is 1. The molecule has 0 spiro atoms. The molecule has 35 heavy (non-hydrogen) atoms. The van der Waals surface area contributed by atoms with Gasteiger partial charge in [-0.1, -0.05) is 35.3 Å². The molecule has 0 unspecified atom stereocenters. The lowest BCUT2D eigenvalue weighted by atomic mass is 10.1. The lowest BCUT2D eigenvalue weighted by Gasteiger charge is -2.11. The van der Waals surface area contributed by atoms with Crippen molar-refractivity contribution in [3.63, 3.8) is 0 Å². The van der Waals surface area contributed by atoms with Gasteiger partial charge in [0.2, 0.25) is 0 Å². The lowest BCUT2D eigenvalue weighted by molar-refractivity contribution is -0.139. The van der Waals surface area contributed by atoms with E-state index < -0.39 is 0 Å². The van der Waals surface area contributed by atoms with Crippen LogP contribution in [0.4, 0.5) is 0 Å². The zero-order valence-electron chi connectivity index (χ0n) is 19.2. The van der Waals surface area contributed by atoms with E-state index in [2.05, 4.69) is 4.98 Å². The van der Waals surface area contributed by atoms with Crippen LogP contribution in [0.3, 0.4) is 0 Å². The minimum absolute atomic E-state index is 0.212. The van der Waals surface area contributed by atoms with E-state index in [1.54, 1.807) is 12.1 Å². The molecule has 0 amide bonds. The highest BCUT2D eigenvalue weighted by Crippen LogP contribution is 2.26. The minimum Gasteiger partial charge on any atom is -0.493 e. The fraction of sp³-hybridized carbons (Fsp3) is 0.222. The summed E-state index contributed by atoms with van der Waals surface area (Å²) >= 11 is 12.1. The Morgan fingerprint density at radius 1 is 0.857 bits per heavy atom. The summed E-state index contributed by atoms with van der Waals surface area (Å²) in [5.74, 6) is 1.86. The number of nitrogens with one attached hydrogen (secondary N) is 1. The largest absolute Gasteiger partial charge is 0.493 e. The van der Waals surface area contributed by atoms with Crippen LogP contribution in [-0.4, -0.2) is 31.3 Å². The van der Waals surface area contributed by atoms with Crippen LogP contribution in [-0.2, 0) is 22.6 Å². The number of H-pyrrole nitrogens is 1. The SMILES string of the molecule is COC(=O)Cc1c[nH]c2ccc(OCCCOc3cccc(OCc4ccc(Cl)cc4Cl)c3)cc12. The van der Waals surface area contributed by atoms with Crippen molar-refractivity contribution in [3.05, 3.63) is 88.0 Å². The number of fused-ring (bicyclic) bond motifs is 1. The van der Waals surface area contributed by atoms with Crippen molar-refractivity contribution in [1.82, 2.24) is 4.98 Å². The van der Waals surface area contributed by atoms with Crippen LogP contribution in [0.1, 0.15) is 17.5 Å². The van der Waals surface area contributed by atoms with E-state index in [0.29, 0.717) is 47.8 Å². The molecular formula is C27H25Cl2NO5. The van der Waals surface area contributed by atoms with Gasteiger partial charge in [0.15, 0.2) is 0 Å². The second-order valence-electron chi connectivity index (χ2n) is 7.82. The summed E-state index contributed by atoms with van der Waals surface area (Å²) in [6.45, 7) is 1.32. The molecule has 1 aromatic heterocycles. The third-order valence-corrected chi connectivity index (χ3v) is 5.93. The second-order valence-corrected chi connectivity index (χ2v) is 8.67. The number of hydrogen-bond donors (Lipinski definition) is 1. The number of carbonyl (C=O) groups is 1. The highest BCUT2D eigenvalue weighted by Gasteiger charge is 2.10. The van der Waals surface area contributed by atoms with Crippen LogP contribution in [0, 0.1) is 0 Å². The second kappa shape index (κ2) is 11.9. The molecule has 8 heteroatoms. The van der Waals surface area contributed by atoms with E-state index >= 15 is 0 Å². The van der Waals surface area contributed by atoms with Crippen LogP contribution < -0.4 is 14.2 Å². The first-order chi connectivity index (χ1) is 17.0. The number of aromatic amines is 1. The first-order valence-electron chi connectivity index (χ1n) is 11.1. The summed E-state index contributed by atoms with van der Waals surface area (Å²) in [5, 5.41) is 2.10. The predicted molar refractivity (Wildman–Crippen MR) is 137 cm³/mol. The van der Waals surface area contributed by atoms with E-state index in [-0.39, 0.29) is 12.4 Å². The van der Waals surface area contributed by atoms with Crippen LogP contribution in [0.15, 0.2) is 66.9 Å². The molecule has 0 fully saturated rings. The van der Waals surface area contributed by atoms with Gasteiger partial charge in [-0.15, -0.1) is 0 Å². The maximum absolute atomic E-state index is 11.6. The Labute approximate surface area is 213 Å². The molecule has 6 nitrogen and oxygen atoms in total. The first-order valence-corrected chi connectivity index (χ1v) is 11.9. The molecular weight excluding hydrogens is 489 g/mol. The van der Waals surface area contributed by atoms with Crippen molar-refractivity contribution >= 4 is 40.1 Å². The molecule has 182 valence electrons. The molecule has 0 aliphatic heterocycles. The van der Waals surface area contributed by atoms with Gasteiger partial charge in [-0.05, 0) is 48.0 Å². The molecule has 1 N–H and O–H groups in total. The van der Waals surface area contributed by atoms with Gasteiger partial charge in [-0.3, -0.25) is 4.79 Å². The fourth-order valence-corrected chi connectivity index (χ4v) is 3.98. The molecule has 0 aliphatic carbocycles. The quantitative estimate of drug-likeness (QED) is 0.180.